The molecule has 0 saturated carbocycles. The number of rotatable bonds is 4. The second-order valence-corrected chi connectivity index (χ2v) is 3.73. The Kier molecular flexibility index (Phi) is 4.42. The maximum atomic E-state index is 13.1. The fourth-order valence-corrected chi connectivity index (χ4v) is 1.38. The predicted molar refractivity (Wildman–Crippen MR) is 61.7 cm³/mol. The number of amides is 1. The first-order valence-corrected chi connectivity index (χ1v) is 5.02. The van der Waals surface area contributed by atoms with E-state index in [0.29, 0.717) is 11.3 Å². The molecular weight excluding hydrogens is 225 g/mol. The number of nitrogens with one attached hydrogen (secondary N) is 1. The minimum atomic E-state index is -0.983. The van der Waals surface area contributed by atoms with Crippen molar-refractivity contribution in [1.82, 2.24) is 10.4 Å². The number of carbonyl (C=O) groups excluding carboxylic acids is 1. The van der Waals surface area contributed by atoms with Gasteiger partial charge in [0.2, 0.25) is 0 Å². The average molecular weight is 241 g/mol. The van der Waals surface area contributed by atoms with Gasteiger partial charge in [0.1, 0.15) is 17.6 Å². The van der Waals surface area contributed by atoms with E-state index in [1.807, 2.05) is 0 Å². The topological polar surface area (TPSA) is 67.6 Å². The number of ether oxygens (including phenoxy) is 1. The van der Waals surface area contributed by atoms with Crippen molar-refractivity contribution in [1.29, 1.82) is 0 Å². The third-order valence-electron chi connectivity index (χ3n) is 2.14. The van der Waals surface area contributed by atoms with Gasteiger partial charge in [-0.15, -0.1) is 0 Å². The first-order chi connectivity index (χ1) is 7.95. The van der Waals surface area contributed by atoms with Crippen molar-refractivity contribution in [2.75, 3.05) is 21.2 Å². The van der Waals surface area contributed by atoms with Crippen LogP contribution in [0.1, 0.15) is 11.6 Å². The molecule has 1 aromatic rings. The Labute approximate surface area is 99.3 Å². The Morgan fingerprint density at radius 2 is 2.18 bits per heavy atom. The minimum Gasteiger partial charge on any atom is -0.496 e. The summed E-state index contributed by atoms with van der Waals surface area (Å²) >= 11 is 0. The first kappa shape index (κ1) is 13.4. The summed E-state index contributed by atoms with van der Waals surface area (Å²) in [6.07, 6.45) is 0. The van der Waals surface area contributed by atoms with Gasteiger partial charge < -0.3 is 10.5 Å². The van der Waals surface area contributed by atoms with E-state index >= 15 is 0 Å². The van der Waals surface area contributed by atoms with Crippen LogP contribution >= 0.6 is 0 Å². The van der Waals surface area contributed by atoms with Crippen LogP contribution < -0.4 is 15.9 Å². The van der Waals surface area contributed by atoms with Gasteiger partial charge in [-0.05, 0) is 18.2 Å². The molecular formula is C11H16FN3O2. The lowest BCUT2D eigenvalue weighted by molar-refractivity contribution is -0.126. The van der Waals surface area contributed by atoms with Crippen LogP contribution in [-0.2, 0) is 4.79 Å². The largest absolute Gasteiger partial charge is 0.496 e. The molecule has 0 heterocycles. The summed E-state index contributed by atoms with van der Waals surface area (Å²) in [5.41, 5.74) is 8.56. The van der Waals surface area contributed by atoms with Gasteiger partial charge in [-0.1, -0.05) is 0 Å². The molecule has 0 fully saturated rings. The second kappa shape index (κ2) is 5.60. The number of hydrazine groups is 1. The fraction of sp³-hybridized carbons (Fsp3) is 0.364. The SMILES string of the molecule is COc1ccc(F)cc1C(N)C(=O)NN(C)C. The molecule has 5 nitrogen and oxygen atoms in total. The zero-order chi connectivity index (χ0) is 13.0. The summed E-state index contributed by atoms with van der Waals surface area (Å²) < 4.78 is 18.2. The van der Waals surface area contributed by atoms with Gasteiger partial charge in [0.25, 0.3) is 5.91 Å². The molecule has 94 valence electrons. The summed E-state index contributed by atoms with van der Waals surface area (Å²) in [6.45, 7) is 0. The van der Waals surface area contributed by atoms with E-state index in [9.17, 15) is 9.18 Å². The van der Waals surface area contributed by atoms with Crippen LogP contribution in [0.5, 0.6) is 5.75 Å². The number of nitrogens with two attached hydrogens (primary N) is 1. The quantitative estimate of drug-likeness (QED) is 0.750. The van der Waals surface area contributed by atoms with Crippen LogP contribution in [0.4, 0.5) is 4.39 Å². The molecule has 1 atom stereocenters. The van der Waals surface area contributed by atoms with Crippen molar-refractivity contribution in [3.63, 3.8) is 0 Å². The molecule has 0 aliphatic carbocycles. The molecule has 17 heavy (non-hydrogen) atoms. The van der Waals surface area contributed by atoms with Gasteiger partial charge in [-0.2, -0.15) is 0 Å². The van der Waals surface area contributed by atoms with Crippen molar-refractivity contribution in [2.45, 2.75) is 6.04 Å². The Hall–Kier alpha value is -1.66. The van der Waals surface area contributed by atoms with Crippen LogP contribution in [0, 0.1) is 5.82 Å². The summed E-state index contributed by atoms with van der Waals surface area (Å²) in [5, 5.41) is 1.47. The highest BCUT2D eigenvalue weighted by molar-refractivity contribution is 5.83. The molecule has 1 aromatic carbocycles. The molecule has 0 spiro atoms. The van der Waals surface area contributed by atoms with E-state index in [0.717, 1.165) is 0 Å². The van der Waals surface area contributed by atoms with Gasteiger partial charge in [-0.25, -0.2) is 9.40 Å². The first-order valence-electron chi connectivity index (χ1n) is 5.02. The zero-order valence-corrected chi connectivity index (χ0v) is 10.0. The Morgan fingerprint density at radius 3 is 2.71 bits per heavy atom. The Balaban J connectivity index is 2.98. The van der Waals surface area contributed by atoms with E-state index in [-0.39, 0.29) is 0 Å². The van der Waals surface area contributed by atoms with Gasteiger partial charge in [0.15, 0.2) is 0 Å². The van der Waals surface area contributed by atoms with Gasteiger partial charge in [0, 0.05) is 19.7 Å². The molecule has 0 saturated heterocycles. The molecule has 0 bridgehead atoms. The zero-order valence-electron chi connectivity index (χ0n) is 10.0. The van der Waals surface area contributed by atoms with Crippen LogP contribution in [-0.4, -0.2) is 32.1 Å². The third-order valence-corrected chi connectivity index (χ3v) is 2.14. The number of hydrogen-bond donors (Lipinski definition) is 2. The number of halogens is 1. The highest BCUT2D eigenvalue weighted by atomic mass is 19.1. The van der Waals surface area contributed by atoms with Crippen molar-refractivity contribution in [3.05, 3.63) is 29.6 Å². The number of methoxy groups -OCH3 is 1. The van der Waals surface area contributed by atoms with Gasteiger partial charge in [0.05, 0.1) is 7.11 Å². The molecule has 6 heteroatoms. The highest BCUT2D eigenvalue weighted by Gasteiger charge is 2.20. The summed E-state index contributed by atoms with van der Waals surface area (Å²) in [5.74, 6) is -0.513. The summed E-state index contributed by atoms with van der Waals surface area (Å²) in [6, 6.07) is 2.90. The van der Waals surface area contributed by atoms with Gasteiger partial charge in [-0.3, -0.25) is 10.2 Å². The lowest BCUT2D eigenvalue weighted by atomic mass is 10.1. The van der Waals surface area contributed by atoms with Crippen molar-refractivity contribution in [3.8, 4) is 5.75 Å². The maximum absolute atomic E-state index is 13.1. The molecule has 0 radical (unpaired) electrons. The van der Waals surface area contributed by atoms with Crippen molar-refractivity contribution < 1.29 is 13.9 Å². The average Bonchev–Trinajstić information content (AvgIpc) is 2.27. The summed E-state index contributed by atoms with van der Waals surface area (Å²) in [7, 11) is 4.76. The normalized spacial score (nSPS) is 12.4. The third kappa shape index (κ3) is 3.40. The Morgan fingerprint density at radius 1 is 1.53 bits per heavy atom. The molecule has 1 amide bonds. The standard InChI is InChI=1S/C11H16FN3O2/c1-15(2)14-11(16)10(13)8-6-7(12)4-5-9(8)17-3/h4-6,10H,13H2,1-3H3,(H,14,16). The van der Waals surface area contributed by atoms with Crippen LogP contribution in [0.25, 0.3) is 0 Å². The van der Waals surface area contributed by atoms with E-state index in [1.165, 1.54) is 30.3 Å². The number of carbonyl (C=O) groups is 1. The molecule has 0 aliphatic rings. The van der Waals surface area contributed by atoms with Gasteiger partial charge >= 0.3 is 0 Å². The molecule has 0 aromatic heterocycles. The second-order valence-electron chi connectivity index (χ2n) is 3.73. The molecule has 1 unspecified atom stereocenters. The number of benzene rings is 1. The fourth-order valence-electron chi connectivity index (χ4n) is 1.38. The maximum Gasteiger partial charge on any atom is 0.255 e. The van der Waals surface area contributed by atoms with E-state index in [4.69, 9.17) is 10.5 Å². The van der Waals surface area contributed by atoms with Crippen molar-refractivity contribution in [2.24, 2.45) is 5.73 Å². The Bertz CT molecular complexity index is 410. The molecule has 1 rings (SSSR count). The van der Waals surface area contributed by atoms with Crippen molar-refractivity contribution >= 4 is 5.91 Å². The molecule has 0 aliphatic heterocycles. The van der Waals surface area contributed by atoms with E-state index < -0.39 is 17.8 Å². The monoisotopic (exact) mass is 241 g/mol. The van der Waals surface area contributed by atoms with Crippen LogP contribution in [0.2, 0.25) is 0 Å². The highest BCUT2D eigenvalue weighted by Crippen LogP contribution is 2.24. The number of nitrogens with zero attached hydrogens (tertiary/aromatic N) is 1. The predicted octanol–water partition coefficient (Wildman–Crippen LogP) is 0.427. The lowest BCUT2D eigenvalue weighted by Gasteiger charge is -2.18. The smallest absolute Gasteiger partial charge is 0.255 e. The molecule has 3 N–H and O–H groups in total. The van der Waals surface area contributed by atoms with Crippen LogP contribution in [0.3, 0.4) is 0 Å². The van der Waals surface area contributed by atoms with E-state index in [2.05, 4.69) is 5.43 Å². The summed E-state index contributed by atoms with van der Waals surface area (Å²) in [4.78, 5) is 11.7. The number of hydrogen-bond acceptors (Lipinski definition) is 4. The van der Waals surface area contributed by atoms with E-state index in [1.54, 1.807) is 14.1 Å². The minimum absolute atomic E-state index is 0.312. The van der Waals surface area contributed by atoms with Crippen LogP contribution in [0.15, 0.2) is 18.2 Å². The lowest BCUT2D eigenvalue weighted by Crippen LogP contribution is -2.42.